The summed E-state index contributed by atoms with van der Waals surface area (Å²) in [7, 11) is 2.21. The largest absolute Gasteiger partial charge is 0.399 e. The van der Waals surface area contributed by atoms with Gasteiger partial charge >= 0.3 is 0 Å². The highest BCUT2D eigenvalue weighted by Crippen LogP contribution is 2.43. The van der Waals surface area contributed by atoms with Crippen LogP contribution in [0.3, 0.4) is 0 Å². The maximum absolute atomic E-state index is 6.05. The van der Waals surface area contributed by atoms with Gasteiger partial charge in [0.15, 0.2) is 0 Å². The molecule has 2 N–H and O–H groups in total. The summed E-state index contributed by atoms with van der Waals surface area (Å²) in [6.45, 7) is 4.57. The van der Waals surface area contributed by atoms with Crippen LogP contribution in [0.5, 0.6) is 0 Å². The highest BCUT2D eigenvalue weighted by Gasteiger charge is 2.29. The minimum absolute atomic E-state index is 0. The summed E-state index contributed by atoms with van der Waals surface area (Å²) in [5, 5.41) is 0. The van der Waals surface area contributed by atoms with Crippen molar-refractivity contribution in [1.82, 2.24) is 9.80 Å². The van der Waals surface area contributed by atoms with Crippen LogP contribution < -0.4 is 5.73 Å². The van der Waals surface area contributed by atoms with Gasteiger partial charge in [0, 0.05) is 47.7 Å². The fourth-order valence-electron chi connectivity index (χ4n) is 3.60. The molecule has 26 heavy (non-hydrogen) atoms. The number of nitrogens with two attached hydrogens (primary N) is 1. The molecule has 0 aliphatic carbocycles. The zero-order valence-electron chi connectivity index (χ0n) is 13.5. The number of piperazine rings is 1. The first-order valence-electron chi connectivity index (χ1n) is 8.28. The quantitative estimate of drug-likeness (QED) is 0.699. The maximum Gasteiger partial charge on any atom is 0.0401 e. The van der Waals surface area contributed by atoms with E-state index in [0.29, 0.717) is 6.04 Å². The lowest BCUT2D eigenvalue weighted by molar-refractivity contribution is 0.110. The van der Waals surface area contributed by atoms with Gasteiger partial charge in [-0.25, -0.2) is 0 Å². The molecule has 4 rings (SSSR count). The molecule has 2 aromatic carbocycles. The Kier molecular flexibility index (Phi) is 8.19. The van der Waals surface area contributed by atoms with Crippen molar-refractivity contribution in [2.75, 3.05) is 39.0 Å². The lowest BCUT2D eigenvalue weighted by Gasteiger charge is -2.38. The molecule has 4 heteroatoms. The van der Waals surface area contributed by atoms with Crippen LogP contribution in [0.1, 0.15) is 39.4 Å². The second-order valence-corrected chi connectivity index (χ2v) is 7.65. The molecule has 0 radical (unpaired) electrons. The van der Waals surface area contributed by atoms with Crippen molar-refractivity contribution in [2.45, 2.75) is 44.5 Å². The van der Waals surface area contributed by atoms with Crippen LogP contribution in [0, 0.1) is 0 Å². The summed E-state index contributed by atoms with van der Waals surface area (Å²) in [5.74, 6) is 0. The van der Waals surface area contributed by atoms with E-state index in [4.69, 9.17) is 5.73 Å². The maximum atomic E-state index is 6.05. The van der Waals surface area contributed by atoms with Gasteiger partial charge < -0.3 is 10.6 Å². The van der Waals surface area contributed by atoms with E-state index in [-0.39, 0.29) is 22.3 Å². The van der Waals surface area contributed by atoms with E-state index in [1.807, 2.05) is 17.8 Å². The summed E-state index contributed by atoms with van der Waals surface area (Å²) in [5.41, 5.74) is 9.77. The summed E-state index contributed by atoms with van der Waals surface area (Å²) in [4.78, 5) is 7.81. The summed E-state index contributed by atoms with van der Waals surface area (Å²) < 4.78 is 0. The highest BCUT2D eigenvalue weighted by atomic mass is 32.2. The lowest BCUT2D eigenvalue weighted by Crippen LogP contribution is -2.46. The zero-order valence-corrected chi connectivity index (χ0v) is 14.4. The molecule has 2 aromatic rings. The van der Waals surface area contributed by atoms with Gasteiger partial charge in [-0.1, -0.05) is 52.2 Å². The second-order valence-electron chi connectivity index (χ2n) is 6.57. The normalized spacial score (nSPS) is 19.7. The average molecular weight is 374 g/mol. The van der Waals surface area contributed by atoms with Crippen molar-refractivity contribution < 1.29 is 0 Å². The molecule has 3 nitrogen and oxygen atoms in total. The Morgan fingerprint density at radius 1 is 0.923 bits per heavy atom. The van der Waals surface area contributed by atoms with Crippen molar-refractivity contribution in [2.24, 2.45) is 0 Å². The minimum atomic E-state index is 0. The van der Waals surface area contributed by atoms with Crippen molar-refractivity contribution in [3.8, 4) is 0 Å². The lowest BCUT2D eigenvalue weighted by atomic mass is 9.96. The molecule has 1 saturated heterocycles. The van der Waals surface area contributed by atoms with E-state index < -0.39 is 0 Å². The predicted octanol–water partition coefficient (Wildman–Crippen LogP) is 5.17. The first-order valence-corrected chi connectivity index (χ1v) is 9.10. The third-order valence-electron chi connectivity index (χ3n) is 4.97. The fraction of sp³-hybridized carbons (Fsp3) is 0.455. The Balaban J connectivity index is 0.00000113. The van der Waals surface area contributed by atoms with E-state index in [0.717, 1.165) is 38.3 Å². The van der Waals surface area contributed by atoms with Crippen molar-refractivity contribution in [1.29, 1.82) is 0 Å². The number of hydrogen-bond acceptors (Lipinski definition) is 4. The highest BCUT2D eigenvalue weighted by molar-refractivity contribution is 7.99. The molecule has 0 saturated carbocycles. The summed E-state index contributed by atoms with van der Waals surface area (Å²) in [6.07, 6.45) is 1.05. The monoisotopic (exact) mass is 373 g/mol. The third-order valence-corrected chi connectivity index (χ3v) is 6.18. The topological polar surface area (TPSA) is 32.5 Å². The van der Waals surface area contributed by atoms with E-state index in [2.05, 4.69) is 53.2 Å². The Hall–Kier alpha value is -1.49. The smallest absolute Gasteiger partial charge is 0.0401 e. The number of anilines is 1. The van der Waals surface area contributed by atoms with Crippen LogP contribution in [-0.2, 0) is 6.42 Å². The van der Waals surface area contributed by atoms with Crippen molar-refractivity contribution >= 4 is 17.4 Å². The molecule has 1 fully saturated rings. The summed E-state index contributed by atoms with van der Waals surface area (Å²) >= 11 is 1.89. The standard InChI is InChI=1S/C19H23N3S.3CH4/c1-21-8-10-22(11-9-21)17-13-14-12-15(20)6-7-18(14)23-19-5-3-2-4-16(17)19;;;/h2-7,12,17H,8-11,13,20H2,1H3;3*1H4. The van der Waals surface area contributed by atoms with E-state index >= 15 is 0 Å². The molecular formula is C22H35N3S. The SMILES string of the molecule is C.C.C.CN1CCN(C2Cc3cc(N)ccc3Sc3ccccc32)CC1. The van der Waals surface area contributed by atoms with Gasteiger partial charge in [-0.15, -0.1) is 0 Å². The van der Waals surface area contributed by atoms with Crippen LogP contribution >= 0.6 is 11.8 Å². The number of fused-ring (bicyclic) bond motifs is 2. The first kappa shape index (κ1) is 22.6. The number of hydrogen-bond donors (Lipinski definition) is 1. The van der Waals surface area contributed by atoms with Crippen LogP contribution in [0.2, 0.25) is 0 Å². The third kappa shape index (κ3) is 4.43. The van der Waals surface area contributed by atoms with Gasteiger partial charge in [0.2, 0.25) is 0 Å². The molecule has 1 unspecified atom stereocenters. The number of nitrogen functional groups attached to an aromatic ring is 1. The van der Waals surface area contributed by atoms with E-state index in [1.165, 1.54) is 20.9 Å². The number of likely N-dealkylation sites (N-methyl/N-ethyl adjacent to an activating group) is 1. The molecule has 2 heterocycles. The van der Waals surface area contributed by atoms with Gasteiger partial charge in [-0.2, -0.15) is 0 Å². The number of rotatable bonds is 1. The molecule has 144 valence electrons. The first-order chi connectivity index (χ1) is 11.2. The second kappa shape index (κ2) is 9.45. The van der Waals surface area contributed by atoms with Gasteiger partial charge in [0.05, 0.1) is 0 Å². The van der Waals surface area contributed by atoms with E-state index in [9.17, 15) is 0 Å². The van der Waals surface area contributed by atoms with Crippen molar-refractivity contribution in [3.63, 3.8) is 0 Å². The van der Waals surface area contributed by atoms with Crippen molar-refractivity contribution in [3.05, 3.63) is 53.6 Å². The predicted molar refractivity (Wildman–Crippen MR) is 117 cm³/mol. The van der Waals surface area contributed by atoms with Crippen LogP contribution in [0.15, 0.2) is 52.3 Å². The van der Waals surface area contributed by atoms with Crippen LogP contribution in [0.4, 0.5) is 5.69 Å². The molecule has 2 aliphatic heterocycles. The molecular weight excluding hydrogens is 338 g/mol. The number of benzene rings is 2. The fourth-order valence-corrected chi connectivity index (χ4v) is 4.72. The Labute approximate surface area is 164 Å². The molecule has 2 aliphatic rings. The molecule has 0 aromatic heterocycles. The summed E-state index contributed by atoms with van der Waals surface area (Å²) in [6, 6.07) is 15.7. The Morgan fingerprint density at radius 2 is 1.62 bits per heavy atom. The van der Waals surface area contributed by atoms with Gasteiger partial charge in [-0.05, 0) is 48.9 Å². The Morgan fingerprint density at radius 3 is 2.35 bits per heavy atom. The Bertz CT molecular complexity index is 708. The van der Waals surface area contributed by atoms with Crippen LogP contribution in [0.25, 0.3) is 0 Å². The minimum Gasteiger partial charge on any atom is -0.399 e. The molecule has 0 amide bonds. The van der Waals surface area contributed by atoms with Gasteiger partial charge in [-0.3, -0.25) is 4.90 Å². The zero-order chi connectivity index (χ0) is 15.8. The van der Waals surface area contributed by atoms with Gasteiger partial charge in [0.1, 0.15) is 0 Å². The average Bonchev–Trinajstić information content (AvgIpc) is 2.72. The molecule has 0 spiro atoms. The van der Waals surface area contributed by atoms with Crippen LogP contribution in [-0.4, -0.2) is 43.0 Å². The molecule has 1 atom stereocenters. The number of nitrogens with zero attached hydrogens (tertiary/aromatic N) is 2. The molecule has 0 bridgehead atoms. The van der Waals surface area contributed by atoms with Gasteiger partial charge in [0.25, 0.3) is 0 Å². The van der Waals surface area contributed by atoms with E-state index in [1.54, 1.807) is 0 Å².